The minimum atomic E-state index is 0.327. The molecule has 4 aliphatic rings. The number of nitrogens with zero attached hydrogens (tertiary/aromatic N) is 4. The maximum Gasteiger partial charge on any atom is 0.164 e. The molecule has 278 valence electrons. The van der Waals surface area contributed by atoms with Crippen LogP contribution in [0.15, 0.2) is 164 Å². The SMILES string of the molecule is N#Cc1ccc(-c2ccc(-c3nc(-c4ccc(C56C[C@H]7C[C@@H](C5)C[C@@H](C6)C7)cc4)nc(-c4ccc5ccc(-c6ccccc6)cc5c4)n3)c(-c3ccccc3)c2)cc1. The summed E-state index contributed by atoms with van der Waals surface area (Å²) in [6.45, 7) is 0. The summed E-state index contributed by atoms with van der Waals surface area (Å²) in [5, 5.41) is 11.7. The van der Waals surface area contributed by atoms with E-state index in [1.807, 2.05) is 30.3 Å². The number of fused-ring (bicyclic) bond motifs is 1. The van der Waals surface area contributed by atoms with Crippen molar-refractivity contribution in [3.63, 3.8) is 0 Å². The van der Waals surface area contributed by atoms with E-state index in [4.69, 9.17) is 15.0 Å². The average molecular weight is 747 g/mol. The summed E-state index contributed by atoms with van der Waals surface area (Å²) in [7, 11) is 0. The minimum absolute atomic E-state index is 0.327. The van der Waals surface area contributed by atoms with Gasteiger partial charge in [-0.15, -0.1) is 0 Å². The van der Waals surface area contributed by atoms with Crippen LogP contribution in [0.25, 0.3) is 78.3 Å². The first-order valence-electron chi connectivity index (χ1n) is 20.7. The van der Waals surface area contributed by atoms with Crippen LogP contribution < -0.4 is 0 Å². The van der Waals surface area contributed by atoms with E-state index in [-0.39, 0.29) is 0 Å². The predicted molar refractivity (Wildman–Crippen MR) is 235 cm³/mol. The molecule has 0 amide bonds. The van der Waals surface area contributed by atoms with E-state index in [0.717, 1.165) is 62.1 Å². The molecule has 0 atom stereocenters. The Morgan fingerprint density at radius 1 is 0.414 bits per heavy atom. The molecule has 0 aliphatic heterocycles. The lowest BCUT2D eigenvalue weighted by Crippen LogP contribution is -2.48. The van der Waals surface area contributed by atoms with Crippen LogP contribution in [0.1, 0.15) is 49.7 Å². The first-order valence-corrected chi connectivity index (χ1v) is 20.7. The second kappa shape index (κ2) is 14.0. The Kier molecular flexibility index (Phi) is 8.36. The number of nitriles is 1. The molecule has 0 spiro atoms. The summed E-state index contributed by atoms with van der Waals surface area (Å²) in [6.07, 6.45) is 8.34. The molecule has 4 saturated carbocycles. The van der Waals surface area contributed by atoms with Gasteiger partial charge in [0.25, 0.3) is 0 Å². The molecule has 0 N–H and O–H groups in total. The van der Waals surface area contributed by atoms with Crippen molar-refractivity contribution in [3.8, 4) is 73.6 Å². The summed E-state index contributed by atoms with van der Waals surface area (Å²) in [5.41, 5.74) is 11.9. The highest BCUT2D eigenvalue weighted by atomic mass is 15.0. The Bertz CT molecular complexity index is 2820. The molecule has 0 unspecified atom stereocenters. The van der Waals surface area contributed by atoms with Gasteiger partial charge in [0.2, 0.25) is 0 Å². The Morgan fingerprint density at radius 3 is 1.57 bits per heavy atom. The highest BCUT2D eigenvalue weighted by molar-refractivity contribution is 5.91. The van der Waals surface area contributed by atoms with Gasteiger partial charge in [0, 0.05) is 16.7 Å². The maximum absolute atomic E-state index is 9.43. The minimum Gasteiger partial charge on any atom is -0.208 e. The van der Waals surface area contributed by atoms with Crippen molar-refractivity contribution in [2.75, 3.05) is 0 Å². The zero-order chi connectivity index (χ0) is 38.6. The van der Waals surface area contributed by atoms with E-state index in [2.05, 4.69) is 140 Å². The molecule has 0 saturated heterocycles. The number of hydrogen-bond acceptors (Lipinski definition) is 4. The molecule has 1 aromatic heterocycles. The summed E-state index contributed by atoms with van der Waals surface area (Å²) in [5.74, 6) is 4.64. The largest absolute Gasteiger partial charge is 0.208 e. The lowest BCUT2D eigenvalue weighted by Gasteiger charge is -2.57. The molecule has 58 heavy (non-hydrogen) atoms. The Morgan fingerprint density at radius 2 is 0.914 bits per heavy atom. The van der Waals surface area contributed by atoms with Gasteiger partial charge in [0.05, 0.1) is 11.6 Å². The van der Waals surface area contributed by atoms with E-state index in [1.54, 1.807) is 0 Å². The highest BCUT2D eigenvalue weighted by Gasteiger charge is 2.51. The van der Waals surface area contributed by atoms with Gasteiger partial charge in [0.1, 0.15) is 0 Å². The van der Waals surface area contributed by atoms with E-state index in [9.17, 15) is 5.26 Å². The Labute approximate surface area is 340 Å². The summed E-state index contributed by atoms with van der Waals surface area (Å²) >= 11 is 0. The number of benzene rings is 7. The summed E-state index contributed by atoms with van der Waals surface area (Å²) in [6, 6.07) is 59.9. The van der Waals surface area contributed by atoms with Crippen molar-refractivity contribution in [3.05, 3.63) is 175 Å². The van der Waals surface area contributed by atoms with Gasteiger partial charge in [0.15, 0.2) is 17.5 Å². The second-order valence-corrected chi connectivity index (χ2v) is 17.0. The number of hydrogen-bond donors (Lipinski definition) is 0. The highest BCUT2D eigenvalue weighted by Crippen LogP contribution is 2.60. The van der Waals surface area contributed by atoms with Gasteiger partial charge < -0.3 is 0 Å². The van der Waals surface area contributed by atoms with E-state index < -0.39 is 0 Å². The van der Waals surface area contributed by atoms with Gasteiger partial charge in [-0.3, -0.25) is 0 Å². The van der Waals surface area contributed by atoms with Gasteiger partial charge in [-0.05, 0) is 148 Å². The molecule has 4 aliphatic carbocycles. The van der Waals surface area contributed by atoms with Crippen molar-refractivity contribution < 1.29 is 0 Å². The predicted octanol–water partition coefficient (Wildman–Crippen LogP) is 13.4. The number of rotatable bonds is 7. The third-order valence-corrected chi connectivity index (χ3v) is 13.3. The standard InChI is InChI=1S/C54H42N4/c55-34-35-11-13-40(14-12-35)45-21-24-49(50(30-45)42-9-5-2-6-10-42)53-57-51(43-19-22-48(23-20-43)54-31-36-25-37(32-54)27-38(26-36)33-54)56-52(58-53)46-18-16-41-15-17-44(28-47(41)29-46)39-7-3-1-4-8-39/h1-24,28-30,36-38H,25-27,31-33H2/t36-,37+,38-,54?. The van der Waals surface area contributed by atoms with Crippen molar-refractivity contribution in [2.45, 2.75) is 43.9 Å². The average Bonchev–Trinajstić information content (AvgIpc) is 3.28. The van der Waals surface area contributed by atoms with Gasteiger partial charge in [-0.1, -0.05) is 127 Å². The summed E-state index contributed by atoms with van der Waals surface area (Å²) in [4.78, 5) is 15.8. The van der Waals surface area contributed by atoms with Crippen molar-refractivity contribution in [1.82, 2.24) is 15.0 Å². The van der Waals surface area contributed by atoms with Crippen LogP contribution in [0.2, 0.25) is 0 Å². The third-order valence-electron chi connectivity index (χ3n) is 13.3. The van der Waals surface area contributed by atoms with Crippen molar-refractivity contribution in [1.29, 1.82) is 5.26 Å². The van der Waals surface area contributed by atoms with Gasteiger partial charge in [-0.25, -0.2) is 15.0 Å². The summed E-state index contributed by atoms with van der Waals surface area (Å²) < 4.78 is 0. The van der Waals surface area contributed by atoms with Crippen LogP contribution in [0.4, 0.5) is 0 Å². The molecular weight excluding hydrogens is 705 g/mol. The molecule has 4 bridgehead atoms. The fourth-order valence-electron chi connectivity index (χ4n) is 10.9. The molecule has 4 nitrogen and oxygen atoms in total. The quantitative estimate of drug-likeness (QED) is 0.163. The van der Waals surface area contributed by atoms with Gasteiger partial charge in [-0.2, -0.15) is 5.26 Å². The monoisotopic (exact) mass is 746 g/mol. The third kappa shape index (κ3) is 6.28. The molecular formula is C54H42N4. The normalized spacial score (nSPS) is 20.6. The molecule has 8 aromatic rings. The van der Waals surface area contributed by atoms with Crippen molar-refractivity contribution >= 4 is 10.8 Å². The van der Waals surface area contributed by atoms with Gasteiger partial charge >= 0.3 is 0 Å². The second-order valence-electron chi connectivity index (χ2n) is 17.0. The fourth-order valence-corrected chi connectivity index (χ4v) is 10.9. The first-order chi connectivity index (χ1) is 28.6. The Hall–Kier alpha value is -6.70. The Balaban J connectivity index is 1.05. The lowest BCUT2D eigenvalue weighted by molar-refractivity contribution is -0.00518. The topological polar surface area (TPSA) is 62.5 Å². The lowest BCUT2D eigenvalue weighted by atomic mass is 9.48. The zero-order valence-corrected chi connectivity index (χ0v) is 32.4. The molecule has 4 fully saturated rings. The molecule has 7 aromatic carbocycles. The number of aromatic nitrogens is 3. The molecule has 12 rings (SSSR count). The fraction of sp³-hybridized carbons (Fsp3) is 0.185. The first kappa shape index (κ1) is 34.5. The molecule has 4 heteroatoms. The van der Waals surface area contributed by atoms with Crippen LogP contribution in [-0.4, -0.2) is 15.0 Å². The van der Waals surface area contributed by atoms with Crippen molar-refractivity contribution in [2.24, 2.45) is 17.8 Å². The van der Waals surface area contributed by atoms with Crippen LogP contribution in [0.5, 0.6) is 0 Å². The van der Waals surface area contributed by atoms with E-state index in [0.29, 0.717) is 28.5 Å². The smallest absolute Gasteiger partial charge is 0.164 e. The van der Waals surface area contributed by atoms with E-state index >= 15 is 0 Å². The molecule has 1 heterocycles. The van der Waals surface area contributed by atoms with Crippen LogP contribution in [-0.2, 0) is 5.41 Å². The zero-order valence-electron chi connectivity index (χ0n) is 32.4. The van der Waals surface area contributed by atoms with Crippen LogP contribution in [0, 0.1) is 29.1 Å². The maximum atomic E-state index is 9.43. The van der Waals surface area contributed by atoms with Crippen LogP contribution >= 0.6 is 0 Å². The van der Waals surface area contributed by atoms with Crippen LogP contribution in [0.3, 0.4) is 0 Å². The van der Waals surface area contributed by atoms with E-state index in [1.165, 1.54) is 60.6 Å². The molecule has 0 radical (unpaired) electrons.